The van der Waals surface area contributed by atoms with Gasteiger partial charge < -0.3 is 4.57 Å². The van der Waals surface area contributed by atoms with Gasteiger partial charge >= 0.3 is 0 Å². The Morgan fingerprint density at radius 3 is 2.33 bits per heavy atom. The second-order valence-electron chi connectivity index (χ2n) is 6.17. The molecule has 2 unspecified atom stereocenters. The lowest BCUT2D eigenvalue weighted by molar-refractivity contribution is 0.360. The van der Waals surface area contributed by atoms with E-state index in [0.717, 1.165) is 41.9 Å². The van der Waals surface area contributed by atoms with E-state index in [0.29, 0.717) is 12.0 Å². The minimum absolute atomic E-state index is 0.0975. The average Bonchev–Trinajstić information content (AvgIpc) is 2.91. The smallest absolute Gasteiger partial charge is 0.158 e. The zero-order valence-corrected chi connectivity index (χ0v) is 14.8. The summed E-state index contributed by atoms with van der Waals surface area (Å²) in [5.74, 6) is 1.50. The molecule has 0 spiro atoms. The highest BCUT2D eigenvalue weighted by molar-refractivity contribution is 6.20. The van der Waals surface area contributed by atoms with Gasteiger partial charge in [0.15, 0.2) is 5.65 Å². The standard InChI is InChI=1S/C16H27ClN4/c1-7-9-12-14-16(20(6)19-12)21(13(8-2)10(3)4)15(18-14)11(5)17/h10-11,13H,7-9H2,1-6H3. The van der Waals surface area contributed by atoms with Crippen LogP contribution in [-0.2, 0) is 13.5 Å². The van der Waals surface area contributed by atoms with Gasteiger partial charge in [-0.2, -0.15) is 5.10 Å². The molecule has 0 radical (unpaired) electrons. The Hall–Kier alpha value is -1.03. The number of imidazole rings is 1. The molecular weight excluding hydrogens is 284 g/mol. The number of rotatable bonds is 6. The lowest BCUT2D eigenvalue weighted by Crippen LogP contribution is -2.19. The van der Waals surface area contributed by atoms with Crippen LogP contribution in [0.15, 0.2) is 0 Å². The molecule has 0 aliphatic carbocycles. The van der Waals surface area contributed by atoms with E-state index in [-0.39, 0.29) is 5.38 Å². The normalized spacial score (nSPS) is 15.0. The maximum absolute atomic E-state index is 6.41. The van der Waals surface area contributed by atoms with Crippen LogP contribution in [0, 0.1) is 5.92 Å². The van der Waals surface area contributed by atoms with Gasteiger partial charge in [-0.3, -0.25) is 4.68 Å². The molecule has 2 atom stereocenters. The zero-order valence-electron chi connectivity index (χ0n) is 14.0. The molecule has 0 saturated carbocycles. The van der Waals surface area contributed by atoms with Crippen molar-refractivity contribution in [1.29, 1.82) is 0 Å². The Bertz CT molecular complexity index is 609. The molecule has 0 aromatic carbocycles. The topological polar surface area (TPSA) is 35.6 Å². The first kappa shape index (κ1) is 16.3. The van der Waals surface area contributed by atoms with E-state index in [1.807, 2.05) is 18.7 Å². The molecule has 0 aliphatic heterocycles. The number of nitrogens with zero attached hydrogens (tertiary/aromatic N) is 4. The molecule has 21 heavy (non-hydrogen) atoms. The number of fused-ring (bicyclic) bond motifs is 1. The van der Waals surface area contributed by atoms with Crippen molar-refractivity contribution in [2.45, 2.75) is 65.3 Å². The monoisotopic (exact) mass is 310 g/mol. The molecule has 0 N–H and O–H groups in total. The van der Waals surface area contributed by atoms with Crippen molar-refractivity contribution in [3.8, 4) is 0 Å². The first-order valence-electron chi connectivity index (χ1n) is 8.00. The van der Waals surface area contributed by atoms with Crippen molar-refractivity contribution in [1.82, 2.24) is 19.3 Å². The molecule has 2 heterocycles. The van der Waals surface area contributed by atoms with Gasteiger partial charge in [0.2, 0.25) is 0 Å². The van der Waals surface area contributed by atoms with Crippen LogP contribution in [0.1, 0.15) is 70.4 Å². The maximum atomic E-state index is 6.41. The van der Waals surface area contributed by atoms with E-state index in [9.17, 15) is 0 Å². The number of halogens is 1. The van der Waals surface area contributed by atoms with E-state index in [1.54, 1.807) is 0 Å². The molecule has 2 aromatic rings. The third-order valence-electron chi connectivity index (χ3n) is 4.13. The van der Waals surface area contributed by atoms with E-state index >= 15 is 0 Å². The van der Waals surface area contributed by atoms with Crippen LogP contribution in [0.2, 0.25) is 0 Å². The third kappa shape index (κ3) is 2.83. The highest BCUT2D eigenvalue weighted by atomic mass is 35.5. The molecule has 0 saturated heterocycles. The molecule has 5 heteroatoms. The van der Waals surface area contributed by atoms with Gasteiger partial charge in [-0.15, -0.1) is 11.6 Å². The van der Waals surface area contributed by atoms with E-state index in [2.05, 4.69) is 37.4 Å². The van der Waals surface area contributed by atoms with Crippen LogP contribution in [0.5, 0.6) is 0 Å². The Labute approximate surface area is 132 Å². The quantitative estimate of drug-likeness (QED) is 0.729. The van der Waals surface area contributed by atoms with Crippen molar-refractivity contribution in [3.05, 3.63) is 11.5 Å². The third-order valence-corrected chi connectivity index (χ3v) is 4.32. The Morgan fingerprint density at radius 1 is 1.19 bits per heavy atom. The fourth-order valence-corrected chi connectivity index (χ4v) is 3.34. The number of hydrogen-bond acceptors (Lipinski definition) is 2. The molecule has 0 fully saturated rings. The van der Waals surface area contributed by atoms with Crippen molar-refractivity contribution in [3.63, 3.8) is 0 Å². The number of hydrogen-bond donors (Lipinski definition) is 0. The van der Waals surface area contributed by atoms with Crippen LogP contribution >= 0.6 is 11.6 Å². The van der Waals surface area contributed by atoms with Gasteiger partial charge in [0, 0.05) is 13.1 Å². The highest BCUT2D eigenvalue weighted by Crippen LogP contribution is 2.33. The Balaban J connectivity index is 2.73. The van der Waals surface area contributed by atoms with Crippen molar-refractivity contribution < 1.29 is 0 Å². The summed E-state index contributed by atoms with van der Waals surface area (Å²) in [5, 5.41) is 4.57. The first-order valence-corrected chi connectivity index (χ1v) is 8.43. The van der Waals surface area contributed by atoms with Gasteiger partial charge in [-0.25, -0.2) is 4.98 Å². The second kappa shape index (κ2) is 6.39. The Kier molecular flexibility index (Phi) is 4.97. The van der Waals surface area contributed by atoms with E-state index in [1.165, 1.54) is 0 Å². The maximum Gasteiger partial charge on any atom is 0.158 e. The minimum Gasteiger partial charge on any atom is -0.308 e. The molecule has 0 amide bonds. The molecule has 4 nitrogen and oxygen atoms in total. The zero-order chi connectivity index (χ0) is 15.7. The number of alkyl halides is 1. The summed E-state index contributed by atoms with van der Waals surface area (Å²) in [4.78, 5) is 4.85. The van der Waals surface area contributed by atoms with Gasteiger partial charge in [0.05, 0.1) is 11.1 Å². The van der Waals surface area contributed by atoms with Crippen molar-refractivity contribution in [2.75, 3.05) is 0 Å². The number of aromatic nitrogens is 4. The molecule has 2 rings (SSSR count). The fraction of sp³-hybridized carbons (Fsp3) is 0.750. The summed E-state index contributed by atoms with van der Waals surface area (Å²) in [6, 6.07) is 0.399. The largest absolute Gasteiger partial charge is 0.308 e. The average molecular weight is 311 g/mol. The summed E-state index contributed by atoms with van der Waals surface area (Å²) in [6.45, 7) is 10.9. The summed E-state index contributed by atoms with van der Waals surface area (Å²) in [5.41, 5.74) is 3.23. The summed E-state index contributed by atoms with van der Waals surface area (Å²) in [6.07, 6.45) is 3.10. The number of aryl methyl sites for hydroxylation is 2. The van der Waals surface area contributed by atoms with Gasteiger partial charge in [-0.1, -0.05) is 34.1 Å². The predicted octanol–water partition coefficient (Wildman–Crippen LogP) is 4.63. The van der Waals surface area contributed by atoms with Crippen LogP contribution in [0.3, 0.4) is 0 Å². The van der Waals surface area contributed by atoms with Crippen LogP contribution in [0.25, 0.3) is 11.2 Å². The van der Waals surface area contributed by atoms with Crippen LogP contribution in [0.4, 0.5) is 0 Å². The predicted molar refractivity (Wildman–Crippen MR) is 88.9 cm³/mol. The van der Waals surface area contributed by atoms with Crippen LogP contribution < -0.4 is 0 Å². The molecule has 0 bridgehead atoms. The van der Waals surface area contributed by atoms with Gasteiger partial charge in [0.25, 0.3) is 0 Å². The summed E-state index contributed by atoms with van der Waals surface area (Å²) < 4.78 is 4.30. The highest BCUT2D eigenvalue weighted by Gasteiger charge is 2.26. The van der Waals surface area contributed by atoms with Gasteiger partial charge in [-0.05, 0) is 25.7 Å². The second-order valence-corrected chi connectivity index (χ2v) is 6.82. The lowest BCUT2D eigenvalue weighted by Gasteiger charge is -2.24. The summed E-state index contributed by atoms with van der Waals surface area (Å²) >= 11 is 6.41. The molecule has 0 aliphatic rings. The lowest BCUT2D eigenvalue weighted by atomic mass is 10.0. The molecule has 118 valence electrons. The fourth-order valence-electron chi connectivity index (χ4n) is 3.18. The summed E-state index contributed by atoms with van der Waals surface area (Å²) in [7, 11) is 2.01. The van der Waals surface area contributed by atoms with E-state index < -0.39 is 0 Å². The molecule has 2 aromatic heterocycles. The van der Waals surface area contributed by atoms with E-state index in [4.69, 9.17) is 16.6 Å². The van der Waals surface area contributed by atoms with Crippen molar-refractivity contribution in [2.24, 2.45) is 13.0 Å². The SMILES string of the molecule is CCCc1nn(C)c2c1nc(C(C)Cl)n2C(CC)C(C)C. The Morgan fingerprint density at radius 2 is 1.86 bits per heavy atom. The van der Waals surface area contributed by atoms with Crippen LogP contribution in [-0.4, -0.2) is 19.3 Å². The molecular formula is C16H27ClN4. The minimum atomic E-state index is -0.0975. The first-order chi connectivity index (χ1) is 9.92. The van der Waals surface area contributed by atoms with Gasteiger partial charge in [0.1, 0.15) is 11.3 Å². The van der Waals surface area contributed by atoms with Crippen molar-refractivity contribution >= 4 is 22.8 Å².